The molecule has 2 aliphatic rings. The van der Waals surface area contributed by atoms with Crippen molar-refractivity contribution >= 4 is 5.91 Å². The molecule has 1 N–H and O–H groups in total. The smallest absolute Gasteiger partial charge is 0.231 e. The first kappa shape index (κ1) is 13.9. The molecule has 2 heterocycles. The highest BCUT2D eigenvalue weighted by molar-refractivity contribution is 5.79. The highest BCUT2D eigenvalue weighted by Crippen LogP contribution is 2.33. The third-order valence-electron chi connectivity index (χ3n) is 4.15. The molecule has 0 aromatic heterocycles. The Labute approximate surface area is 134 Å². The molecule has 0 spiro atoms. The summed E-state index contributed by atoms with van der Waals surface area (Å²) in [6, 6.07) is 13.6. The lowest BCUT2D eigenvalue weighted by Crippen LogP contribution is -2.30. The molecule has 1 unspecified atom stereocenters. The number of carbonyl (C=O) groups is 1. The molecule has 1 atom stereocenters. The number of carbonyl (C=O) groups excluding carboxylic acids is 1. The second-order valence-corrected chi connectivity index (χ2v) is 5.71. The van der Waals surface area contributed by atoms with Crippen LogP contribution in [0, 0.1) is 0 Å². The number of para-hydroxylation sites is 1. The monoisotopic (exact) mass is 311 g/mol. The lowest BCUT2D eigenvalue weighted by atomic mass is 10.0. The van der Waals surface area contributed by atoms with Crippen LogP contribution in [-0.2, 0) is 11.2 Å². The van der Waals surface area contributed by atoms with E-state index in [0.29, 0.717) is 25.3 Å². The first-order valence-electron chi connectivity index (χ1n) is 7.66. The van der Waals surface area contributed by atoms with Crippen LogP contribution in [0.25, 0.3) is 0 Å². The maximum absolute atomic E-state index is 12.2. The fourth-order valence-electron chi connectivity index (χ4n) is 2.93. The molecule has 4 rings (SSSR count). The van der Waals surface area contributed by atoms with E-state index in [2.05, 4.69) is 11.4 Å². The van der Waals surface area contributed by atoms with Crippen molar-refractivity contribution in [2.75, 3.05) is 19.9 Å². The van der Waals surface area contributed by atoms with Crippen LogP contribution in [0.1, 0.15) is 17.0 Å². The summed E-state index contributed by atoms with van der Waals surface area (Å²) >= 11 is 0. The molecule has 0 saturated heterocycles. The van der Waals surface area contributed by atoms with Crippen molar-refractivity contribution in [3.8, 4) is 17.2 Å². The maximum atomic E-state index is 12.2. The topological polar surface area (TPSA) is 56.8 Å². The largest absolute Gasteiger partial charge is 0.493 e. The normalized spacial score (nSPS) is 17.5. The van der Waals surface area contributed by atoms with Gasteiger partial charge in [-0.15, -0.1) is 0 Å². The maximum Gasteiger partial charge on any atom is 0.231 e. The molecule has 0 bridgehead atoms. The van der Waals surface area contributed by atoms with Gasteiger partial charge >= 0.3 is 0 Å². The van der Waals surface area contributed by atoms with Gasteiger partial charge in [-0.1, -0.05) is 24.3 Å². The van der Waals surface area contributed by atoms with Crippen molar-refractivity contribution in [1.82, 2.24) is 5.32 Å². The number of fused-ring (bicyclic) bond motifs is 2. The molecule has 2 aliphatic heterocycles. The van der Waals surface area contributed by atoms with Crippen LogP contribution in [0.2, 0.25) is 0 Å². The van der Waals surface area contributed by atoms with Crippen LogP contribution >= 0.6 is 0 Å². The van der Waals surface area contributed by atoms with Gasteiger partial charge in [0.25, 0.3) is 0 Å². The van der Waals surface area contributed by atoms with E-state index in [1.807, 2.05) is 36.4 Å². The molecular formula is C18H17NO4. The minimum atomic E-state index is -0.00625. The van der Waals surface area contributed by atoms with Gasteiger partial charge in [0.15, 0.2) is 11.5 Å². The predicted octanol–water partition coefficient (Wildman–Crippen LogP) is 2.25. The zero-order valence-electron chi connectivity index (χ0n) is 12.6. The third-order valence-corrected chi connectivity index (χ3v) is 4.15. The summed E-state index contributed by atoms with van der Waals surface area (Å²) in [5.41, 5.74) is 2.07. The van der Waals surface area contributed by atoms with E-state index in [9.17, 15) is 4.79 Å². The van der Waals surface area contributed by atoms with Gasteiger partial charge in [-0.05, 0) is 23.8 Å². The lowest BCUT2D eigenvalue weighted by Gasteiger charge is -2.11. The molecule has 5 heteroatoms. The van der Waals surface area contributed by atoms with Gasteiger partial charge in [-0.2, -0.15) is 0 Å². The Bertz CT molecular complexity index is 744. The van der Waals surface area contributed by atoms with E-state index in [4.69, 9.17) is 14.2 Å². The van der Waals surface area contributed by atoms with E-state index in [1.54, 1.807) is 0 Å². The Morgan fingerprint density at radius 2 is 1.91 bits per heavy atom. The lowest BCUT2D eigenvalue weighted by molar-refractivity contribution is -0.120. The van der Waals surface area contributed by atoms with Crippen molar-refractivity contribution in [3.63, 3.8) is 0 Å². The van der Waals surface area contributed by atoms with Crippen molar-refractivity contribution in [1.29, 1.82) is 0 Å². The summed E-state index contributed by atoms with van der Waals surface area (Å²) < 4.78 is 16.2. The van der Waals surface area contributed by atoms with Gasteiger partial charge in [0.05, 0.1) is 13.0 Å². The summed E-state index contributed by atoms with van der Waals surface area (Å²) in [6.07, 6.45) is 0.325. The van der Waals surface area contributed by atoms with E-state index in [1.165, 1.54) is 0 Å². The number of rotatable bonds is 4. The number of hydrogen-bond donors (Lipinski definition) is 1. The molecule has 118 valence electrons. The molecule has 0 radical (unpaired) electrons. The quantitative estimate of drug-likeness (QED) is 0.941. The summed E-state index contributed by atoms with van der Waals surface area (Å²) in [4.78, 5) is 12.2. The van der Waals surface area contributed by atoms with E-state index < -0.39 is 0 Å². The molecule has 2 aromatic rings. The summed E-state index contributed by atoms with van der Waals surface area (Å²) in [7, 11) is 0. The van der Waals surface area contributed by atoms with Crippen LogP contribution < -0.4 is 19.5 Å². The first-order valence-corrected chi connectivity index (χ1v) is 7.66. The first-order chi connectivity index (χ1) is 11.3. The van der Waals surface area contributed by atoms with Crippen LogP contribution in [0.3, 0.4) is 0 Å². The Balaban J connectivity index is 1.34. The fraction of sp³-hybridized carbons (Fsp3) is 0.278. The van der Waals surface area contributed by atoms with Gasteiger partial charge in [-0.3, -0.25) is 4.79 Å². The van der Waals surface area contributed by atoms with Gasteiger partial charge in [-0.25, -0.2) is 0 Å². The zero-order chi connectivity index (χ0) is 15.6. The Morgan fingerprint density at radius 3 is 2.87 bits per heavy atom. The van der Waals surface area contributed by atoms with Crippen LogP contribution in [0.15, 0.2) is 42.5 Å². The van der Waals surface area contributed by atoms with E-state index in [0.717, 1.165) is 22.6 Å². The van der Waals surface area contributed by atoms with Crippen LogP contribution in [-0.4, -0.2) is 25.9 Å². The zero-order valence-corrected chi connectivity index (χ0v) is 12.6. The average Bonchev–Trinajstić information content (AvgIpc) is 3.19. The molecule has 0 fully saturated rings. The fourth-order valence-corrected chi connectivity index (χ4v) is 2.93. The van der Waals surface area contributed by atoms with Crippen molar-refractivity contribution in [2.24, 2.45) is 0 Å². The summed E-state index contributed by atoms with van der Waals surface area (Å²) in [6.45, 7) is 1.44. The van der Waals surface area contributed by atoms with Gasteiger partial charge in [0.2, 0.25) is 12.7 Å². The number of hydrogen-bond acceptors (Lipinski definition) is 4. The van der Waals surface area contributed by atoms with Gasteiger partial charge < -0.3 is 19.5 Å². The Hall–Kier alpha value is -2.69. The van der Waals surface area contributed by atoms with Crippen molar-refractivity contribution in [3.05, 3.63) is 53.6 Å². The number of nitrogens with one attached hydrogen (secondary N) is 1. The number of ether oxygens (including phenoxy) is 3. The van der Waals surface area contributed by atoms with Crippen molar-refractivity contribution in [2.45, 2.75) is 12.3 Å². The van der Waals surface area contributed by atoms with Gasteiger partial charge in [0.1, 0.15) is 5.75 Å². The second kappa shape index (κ2) is 5.83. The van der Waals surface area contributed by atoms with Crippen LogP contribution in [0.5, 0.6) is 17.2 Å². The van der Waals surface area contributed by atoms with Crippen LogP contribution in [0.4, 0.5) is 0 Å². The number of amides is 1. The molecule has 2 aromatic carbocycles. The minimum Gasteiger partial charge on any atom is -0.493 e. The molecule has 1 amide bonds. The number of benzene rings is 2. The Kier molecular flexibility index (Phi) is 3.54. The van der Waals surface area contributed by atoms with Crippen molar-refractivity contribution < 1.29 is 19.0 Å². The standard InChI is InChI=1S/C18H17NO4/c20-18(8-12-5-6-16-17(7-12)23-11-22-16)19-9-13-10-21-15-4-2-1-3-14(13)15/h1-7,13H,8-11H2,(H,19,20). The molecule has 0 saturated carbocycles. The average molecular weight is 311 g/mol. The van der Waals surface area contributed by atoms with Gasteiger partial charge in [0, 0.05) is 18.0 Å². The molecular weight excluding hydrogens is 294 g/mol. The second-order valence-electron chi connectivity index (χ2n) is 5.71. The Morgan fingerprint density at radius 1 is 1.04 bits per heavy atom. The predicted molar refractivity (Wildman–Crippen MR) is 84.0 cm³/mol. The summed E-state index contributed by atoms with van der Waals surface area (Å²) in [5.74, 6) is 2.56. The summed E-state index contributed by atoms with van der Waals surface area (Å²) in [5, 5.41) is 2.99. The van der Waals surface area contributed by atoms with E-state index in [-0.39, 0.29) is 18.6 Å². The highest BCUT2D eigenvalue weighted by Gasteiger charge is 2.24. The highest BCUT2D eigenvalue weighted by atomic mass is 16.7. The van der Waals surface area contributed by atoms with E-state index >= 15 is 0 Å². The molecule has 0 aliphatic carbocycles. The molecule has 23 heavy (non-hydrogen) atoms. The third kappa shape index (κ3) is 2.82. The molecule has 5 nitrogen and oxygen atoms in total. The SMILES string of the molecule is O=C(Cc1ccc2c(c1)OCO2)NCC1COc2ccccc21. The minimum absolute atomic E-state index is 0.00625.